The lowest BCUT2D eigenvalue weighted by Crippen LogP contribution is -2.42. The lowest BCUT2D eigenvalue weighted by atomic mass is 10.1. The molecule has 0 saturated carbocycles. The van der Waals surface area contributed by atoms with Crippen molar-refractivity contribution in [3.05, 3.63) is 54.3 Å². The molecule has 4 rings (SSSR count). The zero-order chi connectivity index (χ0) is 24.0. The van der Waals surface area contributed by atoms with Crippen LogP contribution in [-0.2, 0) is 10.0 Å². The second-order valence-electron chi connectivity index (χ2n) is 7.11. The maximum absolute atomic E-state index is 12.8. The van der Waals surface area contributed by atoms with Gasteiger partial charge in [0.1, 0.15) is 17.0 Å². The van der Waals surface area contributed by atoms with Gasteiger partial charge in [0.25, 0.3) is 0 Å². The molecule has 33 heavy (non-hydrogen) atoms. The SMILES string of the molecule is COc1ccc2c(C#N)c(-c3ccc(S(=O)(=O)NC(C)C(F)(F)F)cn3)n(C3=CC=C3)c2n1. The highest BCUT2D eigenvalue weighted by Gasteiger charge is 2.39. The van der Waals surface area contributed by atoms with Crippen molar-refractivity contribution in [1.29, 1.82) is 5.26 Å². The Bertz CT molecular complexity index is 1450. The number of halogens is 3. The third-order valence-corrected chi connectivity index (χ3v) is 6.54. The van der Waals surface area contributed by atoms with E-state index < -0.39 is 27.1 Å². The molecule has 0 amide bonds. The van der Waals surface area contributed by atoms with E-state index in [9.17, 15) is 26.9 Å². The fraction of sp³-hybridized carbons (Fsp3) is 0.190. The molecule has 1 atom stereocenters. The lowest BCUT2D eigenvalue weighted by Gasteiger charge is -2.17. The maximum atomic E-state index is 12.8. The monoisotopic (exact) mass is 475 g/mol. The van der Waals surface area contributed by atoms with Crippen LogP contribution in [0.3, 0.4) is 0 Å². The van der Waals surface area contributed by atoms with Crippen molar-refractivity contribution in [2.24, 2.45) is 0 Å². The molecule has 170 valence electrons. The van der Waals surface area contributed by atoms with Gasteiger partial charge in [-0.1, -0.05) is 6.08 Å². The average molecular weight is 475 g/mol. The van der Waals surface area contributed by atoms with Crippen LogP contribution >= 0.6 is 0 Å². The van der Waals surface area contributed by atoms with Crippen LogP contribution in [0.25, 0.3) is 28.1 Å². The predicted molar refractivity (Wildman–Crippen MR) is 113 cm³/mol. The standard InChI is InChI=1S/C21H16F3N5O3S/c1-12(21(22,23)24)28-33(30,31)14-6-8-17(26-11-14)19-16(10-25)15-7-9-18(32-2)27-20(15)29(19)13-4-3-5-13/h3-9,11-12,28H,1-2H3. The van der Waals surface area contributed by atoms with Gasteiger partial charge in [0.2, 0.25) is 15.9 Å². The van der Waals surface area contributed by atoms with Gasteiger partial charge < -0.3 is 4.74 Å². The highest BCUT2D eigenvalue weighted by molar-refractivity contribution is 7.89. The smallest absolute Gasteiger partial charge is 0.404 e. The van der Waals surface area contributed by atoms with Crippen molar-refractivity contribution in [3.8, 4) is 23.3 Å². The van der Waals surface area contributed by atoms with Crippen molar-refractivity contribution in [3.63, 3.8) is 0 Å². The molecule has 8 nitrogen and oxygen atoms in total. The van der Waals surface area contributed by atoms with Gasteiger partial charge in [0, 0.05) is 23.3 Å². The van der Waals surface area contributed by atoms with Crippen molar-refractivity contribution in [1.82, 2.24) is 19.3 Å². The van der Waals surface area contributed by atoms with Gasteiger partial charge in [-0.05, 0) is 37.3 Å². The molecular weight excluding hydrogens is 459 g/mol. The number of fused-ring (bicyclic) bond motifs is 1. The molecule has 12 heteroatoms. The largest absolute Gasteiger partial charge is 0.481 e. The summed E-state index contributed by atoms with van der Waals surface area (Å²) in [7, 11) is -3.00. The van der Waals surface area contributed by atoms with E-state index in [2.05, 4.69) is 16.0 Å². The minimum absolute atomic E-state index is 0.243. The number of hydrogen-bond donors (Lipinski definition) is 1. The topological polar surface area (TPSA) is 110 Å². The Balaban J connectivity index is 1.82. The first-order valence-electron chi connectivity index (χ1n) is 9.50. The van der Waals surface area contributed by atoms with E-state index in [0.717, 1.165) is 18.0 Å². The van der Waals surface area contributed by atoms with E-state index in [1.807, 2.05) is 0 Å². The van der Waals surface area contributed by atoms with Gasteiger partial charge in [0.05, 0.1) is 24.1 Å². The summed E-state index contributed by atoms with van der Waals surface area (Å²) in [6.45, 7) is 0.706. The molecule has 0 fully saturated rings. The van der Waals surface area contributed by atoms with Crippen molar-refractivity contribution in [2.75, 3.05) is 7.11 Å². The van der Waals surface area contributed by atoms with Crippen molar-refractivity contribution < 1.29 is 26.3 Å². The van der Waals surface area contributed by atoms with Gasteiger partial charge in [-0.3, -0.25) is 9.55 Å². The third-order valence-electron chi connectivity index (χ3n) is 5.02. The number of aromatic nitrogens is 3. The summed E-state index contributed by atoms with van der Waals surface area (Å²) in [6, 6.07) is 5.63. The summed E-state index contributed by atoms with van der Waals surface area (Å²) >= 11 is 0. The zero-order valence-corrected chi connectivity index (χ0v) is 18.1. The summed E-state index contributed by atoms with van der Waals surface area (Å²) in [5.74, 6) is 0.334. The number of nitriles is 1. The van der Waals surface area contributed by atoms with Crippen LogP contribution in [-0.4, -0.2) is 42.3 Å². The van der Waals surface area contributed by atoms with Crippen LogP contribution in [0, 0.1) is 11.3 Å². The first-order chi connectivity index (χ1) is 15.6. The van der Waals surface area contributed by atoms with Crippen LogP contribution in [0.2, 0.25) is 0 Å². The molecule has 0 saturated heterocycles. The molecule has 1 aliphatic carbocycles. The molecule has 3 aromatic heterocycles. The van der Waals surface area contributed by atoms with Gasteiger partial charge in [-0.25, -0.2) is 8.42 Å². The summed E-state index contributed by atoms with van der Waals surface area (Å²) < 4.78 is 71.5. The van der Waals surface area contributed by atoms with Crippen LogP contribution in [0.5, 0.6) is 5.88 Å². The molecule has 0 aromatic carbocycles. The van der Waals surface area contributed by atoms with Crippen molar-refractivity contribution >= 4 is 26.8 Å². The Morgan fingerprint density at radius 2 is 1.97 bits per heavy atom. The van der Waals surface area contributed by atoms with Crippen molar-refractivity contribution in [2.45, 2.75) is 24.0 Å². The maximum Gasteiger partial charge on any atom is 0.404 e. The Morgan fingerprint density at radius 3 is 2.48 bits per heavy atom. The number of nitrogens with one attached hydrogen (secondary N) is 1. The van der Waals surface area contributed by atoms with E-state index in [4.69, 9.17) is 4.74 Å². The highest BCUT2D eigenvalue weighted by Crippen LogP contribution is 2.37. The first kappa shape index (κ1) is 22.5. The summed E-state index contributed by atoms with van der Waals surface area (Å²) in [5.41, 5.74) is 2.03. The summed E-state index contributed by atoms with van der Waals surface area (Å²) in [6.07, 6.45) is 1.61. The Morgan fingerprint density at radius 1 is 1.24 bits per heavy atom. The average Bonchev–Trinajstić information content (AvgIpc) is 3.04. The van der Waals surface area contributed by atoms with E-state index in [1.165, 1.54) is 13.2 Å². The molecule has 0 radical (unpaired) electrons. The fourth-order valence-electron chi connectivity index (χ4n) is 3.24. The second-order valence-corrected chi connectivity index (χ2v) is 8.82. The second kappa shape index (κ2) is 8.02. The minimum Gasteiger partial charge on any atom is -0.481 e. The minimum atomic E-state index is -4.73. The van der Waals surface area contributed by atoms with Gasteiger partial charge in [-0.15, -0.1) is 0 Å². The quantitative estimate of drug-likeness (QED) is 0.583. The molecular formula is C21H16F3N5O3S. The van der Waals surface area contributed by atoms with E-state index in [1.54, 1.807) is 39.6 Å². The van der Waals surface area contributed by atoms with E-state index in [-0.39, 0.29) is 11.3 Å². The van der Waals surface area contributed by atoms with Gasteiger partial charge in [0.15, 0.2) is 5.65 Å². The number of methoxy groups -OCH3 is 1. The molecule has 0 aliphatic heterocycles. The lowest BCUT2D eigenvalue weighted by molar-refractivity contribution is -0.147. The number of alkyl halides is 3. The number of pyridine rings is 2. The number of allylic oxidation sites excluding steroid dienone is 4. The summed E-state index contributed by atoms with van der Waals surface area (Å²) in [4.78, 5) is 8.15. The molecule has 0 spiro atoms. The Labute approximate surface area is 186 Å². The normalized spacial score (nSPS) is 14.5. The van der Waals surface area contributed by atoms with Crippen LogP contribution < -0.4 is 9.46 Å². The predicted octanol–water partition coefficient (Wildman–Crippen LogP) is 3.62. The highest BCUT2D eigenvalue weighted by atomic mass is 32.2. The fourth-order valence-corrected chi connectivity index (χ4v) is 4.41. The number of nitrogens with zero attached hydrogens (tertiary/aromatic N) is 4. The third kappa shape index (κ3) is 3.96. The van der Waals surface area contributed by atoms with Crippen LogP contribution in [0.15, 0.2) is 53.6 Å². The first-order valence-corrected chi connectivity index (χ1v) is 11.0. The molecule has 1 aliphatic rings. The molecule has 1 unspecified atom stereocenters. The molecule has 0 bridgehead atoms. The number of sulfonamides is 1. The number of hydrogen-bond acceptors (Lipinski definition) is 6. The molecule has 3 aromatic rings. The Hall–Kier alpha value is -3.69. The Kier molecular flexibility index (Phi) is 5.47. The van der Waals surface area contributed by atoms with Crippen LogP contribution in [0.4, 0.5) is 13.2 Å². The number of rotatable bonds is 6. The van der Waals surface area contributed by atoms with E-state index in [0.29, 0.717) is 29.5 Å². The molecule has 1 N–H and O–H groups in total. The van der Waals surface area contributed by atoms with Crippen LogP contribution in [0.1, 0.15) is 12.5 Å². The van der Waals surface area contributed by atoms with Gasteiger partial charge >= 0.3 is 6.18 Å². The van der Waals surface area contributed by atoms with Gasteiger partial charge in [-0.2, -0.15) is 28.1 Å². The zero-order valence-electron chi connectivity index (χ0n) is 17.3. The van der Waals surface area contributed by atoms with E-state index >= 15 is 0 Å². The summed E-state index contributed by atoms with van der Waals surface area (Å²) in [5, 5.41) is 10.4. The number of ether oxygens (including phenoxy) is 1. The molecule has 3 heterocycles.